The molecule has 3 atom stereocenters. The second kappa shape index (κ2) is 9.98. The van der Waals surface area contributed by atoms with Gasteiger partial charge in [0.1, 0.15) is 18.6 Å². The van der Waals surface area contributed by atoms with Gasteiger partial charge in [-0.25, -0.2) is 18.2 Å². The van der Waals surface area contributed by atoms with Gasteiger partial charge in [0.25, 0.3) is 10.0 Å². The third-order valence-electron chi connectivity index (χ3n) is 5.06. The number of hydrazine groups is 1. The smallest absolute Gasteiger partial charge is 0.326 e. The third kappa shape index (κ3) is 5.66. The highest BCUT2D eigenvalue weighted by Gasteiger charge is 2.43. The summed E-state index contributed by atoms with van der Waals surface area (Å²) in [5, 5.41) is 20.5. The number of aryl methyl sites for hydroxylation is 1. The van der Waals surface area contributed by atoms with E-state index in [0.29, 0.717) is 0 Å². The number of aliphatic carboxylic acids is 1. The van der Waals surface area contributed by atoms with Crippen molar-refractivity contribution < 1.29 is 27.9 Å². The minimum absolute atomic E-state index is 0.0103. The predicted octanol–water partition coefficient (Wildman–Crippen LogP) is -0.281. The normalized spacial score (nSPS) is 19.1. The summed E-state index contributed by atoms with van der Waals surface area (Å²) in [6, 6.07) is 2.78. The minimum Gasteiger partial charge on any atom is -0.480 e. The molecule has 1 fully saturated rings. The number of sulfonamides is 1. The molecule has 4 N–H and O–H groups in total. The maximum atomic E-state index is 13.0. The molecule has 1 aliphatic heterocycles. The zero-order valence-electron chi connectivity index (χ0n) is 17.5. The second-order valence-corrected chi connectivity index (χ2v) is 8.96. The lowest BCUT2D eigenvalue weighted by atomic mass is 9.99. The Balaban J connectivity index is 2.31. The Bertz CT molecular complexity index is 949. The molecule has 0 bridgehead atoms. The van der Waals surface area contributed by atoms with Gasteiger partial charge in [-0.1, -0.05) is 24.6 Å². The maximum Gasteiger partial charge on any atom is 0.326 e. The van der Waals surface area contributed by atoms with E-state index >= 15 is 0 Å². The number of benzene rings is 1. The highest BCUT2D eigenvalue weighted by molar-refractivity contribution is 7.89. The zero-order chi connectivity index (χ0) is 23.3. The fourth-order valence-electron chi connectivity index (χ4n) is 3.41. The number of carbonyl (C=O) groups is 3. The standard InChI is InChI=1S/C19H27N5O6S/c1-4-14(19(27)28)24-11-16(25)21-17(18(24)26)15(9-10-20)23(3)22-31(29,30)13-7-5-12(2)6-8-13/h5-8,10,14-15,17,20,22H,4,9,11H2,1-3H3,(H,21,25)(H,27,28)/t14?,15?,17-/m0/s1. The molecule has 1 aromatic carbocycles. The number of carbonyl (C=O) groups excluding carboxylic acids is 2. The summed E-state index contributed by atoms with van der Waals surface area (Å²) < 4.78 is 25.5. The molecule has 11 nitrogen and oxygen atoms in total. The molecule has 0 radical (unpaired) electrons. The van der Waals surface area contributed by atoms with Gasteiger partial charge in [-0.3, -0.25) is 9.59 Å². The van der Waals surface area contributed by atoms with Crippen LogP contribution in [0.25, 0.3) is 0 Å². The summed E-state index contributed by atoms with van der Waals surface area (Å²) in [5.74, 6) is -2.45. The molecule has 2 unspecified atom stereocenters. The highest BCUT2D eigenvalue weighted by atomic mass is 32.2. The molecule has 0 aliphatic carbocycles. The van der Waals surface area contributed by atoms with Crippen LogP contribution in [0.15, 0.2) is 29.2 Å². The third-order valence-corrected chi connectivity index (χ3v) is 6.49. The van der Waals surface area contributed by atoms with Crippen molar-refractivity contribution in [1.82, 2.24) is 20.1 Å². The topological polar surface area (TPSA) is 160 Å². The summed E-state index contributed by atoms with van der Waals surface area (Å²) in [5.41, 5.74) is 0.883. The minimum atomic E-state index is -3.99. The summed E-state index contributed by atoms with van der Waals surface area (Å²) in [4.78, 5) is 40.1. The number of carboxylic acids is 1. The molecule has 0 aromatic heterocycles. The van der Waals surface area contributed by atoms with Crippen LogP contribution >= 0.6 is 0 Å². The van der Waals surface area contributed by atoms with Crippen LogP contribution in [0.3, 0.4) is 0 Å². The first kappa shape index (κ1) is 24.4. The van der Waals surface area contributed by atoms with Crippen molar-refractivity contribution >= 4 is 34.0 Å². The zero-order valence-corrected chi connectivity index (χ0v) is 18.3. The van der Waals surface area contributed by atoms with Crippen molar-refractivity contribution in [2.24, 2.45) is 0 Å². The van der Waals surface area contributed by atoms with E-state index in [-0.39, 0.29) is 17.7 Å². The molecule has 12 heteroatoms. The molecule has 170 valence electrons. The van der Waals surface area contributed by atoms with E-state index in [4.69, 9.17) is 5.41 Å². The molecule has 1 aromatic rings. The number of hydrogen-bond donors (Lipinski definition) is 4. The van der Waals surface area contributed by atoms with Crippen molar-refractivity contribution in [3.8, 4) is 0 Å². The Morgan fingerprint density at radius 3 is 2.52 bits per heavy atom. The van der Waals surface area contributed by atoms with Gasteiger partial charge in [0.2, 0.25) is 11.8 Å². The first-order valence-corrected chi connectivity index (χ1v) is 11.1. The van der Waals surface area contributed by atoms with Crippen LogP contribution in [0.1, 0.15) is 25.3 Å². The predicted molar refractivity (Wildman–Crippen MR) is 112 cm³/mol. The molecule has 2 rings (SSSR count). The first-order chi connectivity index (χ1) is 14.5. The van der Waals surface area contributed by atoms with Gasteiger partial charge in [0.15, 0.2) is 0 Å². The number of carboxylic acid groups (broad SMARTS) is 1. The van der Waals surface area contributed by atoms with Crippen molar-refractivity contribution in [2.45, 2.75) is 49.7 Å². The van der Waals surface area contributed by atoms with Crippen LogP contribution in [0.4, 0.5) is 0 Å². The lowest BCUT2D eigenvalue weighted by Crippen LogP contribution is -2.68. The van der Waals surface area contributed by atoms with Crippen LogP contribution in [0.2, 0.25) is 0 Å². The number of likely N-dealkylation sites (N-methyl/N-ethyl adjacent to an activating group) is 1. The molecule has 31 heavy (non-hydrogen) atoms. The molecular weight excluding hydrogens is 426 g/mol. The summed E-state index contributed by atoms with van der Waals surface area (Å²) in [6.07, 6.45) is 1.03. The fraction of sp³-hybridized carbons (Fsp3) is 0.474. The molecule has 1 aliphatic rings. The van der Waals surface area contributed by atoms with E-state index in [1.807, 2.05) is 6.92 Å². The highest BCUT2D eigenvalue weighted by Crippen LogP contribution is 2.18. The van der Waals surface area contributed by atoms with Crippen molar-refractivity contribution in [2.75, 3.05) is 13.6 Å². The SMILES string of the molecule is CCC(C(=O)O)N1CC(=O)N[C@@H](C(CC=N)N(C)NS(=O)(=O)c2ccc(C)cc2)C1=O. The Morgan fingerprint density at radius 1 is 1.39 bits per heavy atom. The van der Waals surface area contributed by atoms with Crippen LogP contribution in [-0.2, 0) is 24.4 Å². The van der Waals surface area contributed by atoms with Crippen LogP contribution in [-0.4, -0.2) is 79.1 Å². The average Bonchev–Trinajstić information content (AvgIpc) is 2.68. The Morgan fingerprint density at radius 2 is 2.00 bits per heavy atom. The molecule has 1 heterocycles. The number of nitrogens with one attached hydrogen (secondary N) is 3. The number of hydrogen-bond acceptors (Lipinski definition) is 7. The Labute approximate surface area is 180 Å². The van der Waals surface area contributed by atoms with Crippen molar-refractivity contribution in [3.63, 3.8) is 0 Å². The van der Waals surface area contributed by atoms with Crippen molar-refractivity contribution in [3.05, 3.63) is 29.8 Å². The number of piperazine rings is 1. The monoisotopic (exact) mass is 453 g/mol. The molecule has 0 saturated carbocycles. The molecule has 2 amide bonds. The largest absolute Gasteiger partial charge is 0.480 e. The van der Waals surface area contributed by atoms with Gasteiger partial charge < -0.3 is 20.7 Å². The lowest BCUT2D eigenvalue weighted by molar-refractivity contribution is -0.157. The van der Waals surface area contributed by atoms with Gasteiger partial charge in [0, 0.05) is 13.5 Å². The molecular formula is C19H27N5O6S. The second-order valence-electron chi connectivity index (χ2n) is 7.30. The van der Waals surface area contributed by atoms with E-state index < -0.39 is 52.5 Å². The van der Waals surface area contributed by atoms with Crippen LogP contribution < -0.4 is 10.1 Å². The van der Waals surface area contributed by atoms with Crippen LogP contribution in [0, 0.1) is 12.3 Å². The van der Waals surface area contributed by atoms with E-state index in [2.05, 4.69) is 10.1 Å². The summed E-state index contributed by atoms with van der Waals surface area (Å²) >= 11 is 0. The maximum absolute atomic E-state index is 13.0. The van der Waals surface area contributed by atoms with Crippen molar-refractivity contribution in [1.29, 1.82) is 5.41 Å². The lowest BCUT2D eigenvalue weighted by Gasteiger charge is -2.41. The fourth-order valence-corrected chi connectivity index (χ4v) is 4.53. The molecule has 1 saturated heterocycles. The number of amides is 2. The number of nitrogens with zero attached hydrogens (tertiary/aromatic N) is 2. The van der Waals surface area contributed by atoms with Gasteiger partial charge in [-0.15, -0.1) is 4.83 Å². The summed E-state index contributed by atoms with van der Waals surface area (Å²) in [7, 11) is -2.61. The van der Waals surface area contributed by atoms with E-state index in [0.717, 1.165) is 21.7 Å². The van der Waals surface area contributed by atoms with E-state index in [1.165, 1.54) is 19.2 Å². The Kier molecular flexibility index (Phi) is 7.87. The first-order valence-electron chi connectivity index (χ1n) is 9.65. The van der Waals surface area contributed by atoms with Gasteiger partial charge in [-0.2, -0.15) is 0 Å². The van der Waals surface area contributed by atoms with Crippen LogP contribution in [0.5, 0.6) is 0 Å². The number of rotatable bonds is 10. The van der Waals surface area contributed by atoms with Gasteiger partial charge in [-0.05, 0) is 31.7 Å². The van der Waals surface area contributed by atoms with E-state index in [1.54, 1.807) is 19.1 Å². The summed E-state index contributed by atoms with van der Waals surface area (Å²) in [6.45, 7) is 3.00. The van der Waals surface area contributed by atoms with Gasteiger partial charge in [0.05, 0.1) is 10.9 Å². The molecule has 0 spiro atoms. The average molecular weight is 454 g/mol. The quantitative estimate of drug-likeness (QED) is 0.280. The van der Waals surface area contributed by atoms with Gasteiger partial charge >= 0.3 is 5.97 Å². The van der Waals surface area contributed by atoms with E-state index in [9.17, 15) is 27.9 Å². The Hall–Kier alpha value is -2.83.